The molecule has 1 heterocycles. The van der Waals surface area contributed by atoms with Crippen LogP contribution in [0.15, 0.2) is 42.5 Å². The number of amides is 2. The fraction of sp³-hybridized carbons (Fsp3) is 0.375. The Labute approximate surface area is 177 Å². The van der Waals surface area contributed by atoms with E-state index in [1.807, 2.05) is 70.2 Å². The van der Waals surface area contributed by atoms with Crippen molar-refractivity contribution in [3.8, 4) is 0 Å². The van der Waals surface area contributed by atoms with Gasteiger partial charge in [-0.15, -0.1) is 0 Å². The first-order valence-electron chi connectivity index (χ1n) is 10.1. The van der Waals surface area contributed by atoms with E-state index in [2.05, 4.69) is 5.32 Å². The van der Waals surface area contributed by atoms with E-state index < -0.39 is 11.9 Å². The van der Waals surface area contributed by atoms with E-state index in [1.165, 1.54) is 5.56 Å². The first kappa shape index (κ1) is 21.6. The molecule has 6 heteroatoms. The van der Waals surface area contributed by atoms with Crippen LogP contribution in [-0.4, -0.2) is 30.9 Å². The Morgan fingerprint density at radius 3 is 2.47 bits per heavy atom. The monoisotopic (exact) mass is 408 g/mol. The van der Waals surface area contributed by atoms with E-state index in [0.717, 1.165) is 22.4 Å². The lowest BCUT2D eigenvalue weighted by molar-refractivity contribution is -0.152. The van der Waals surface area contributed by atoms with Gasteiger partial charge in [0.15, 0.2) is 6.61 Å². The van der Waals surface area contributed by atoms with Gasteiger partial charge in [-0.05, 0) is 56.5 Å². The number of benzene rings is 2. The molecule has 2 aromatic carbocycles. The Balaban J connectivity index is 1.50. The van der Waals surface area contributed by atoms with Crippen LogP contribution in [0.5, 0.6) is 0 Å². The zero-order valence-corrected chi connectivity index (χ0v) is 17.9. The quantitative estimate of drug-likeness (QED) is 0.744. The molecule has 2 aromatic rings. The van der Waals surface area contributed by atoms with Crippen molar-refractivity contribution in [1.29, 1.82) is 0 Å². The number of carbonyl (C=O) groups is 3. The van der Waals surface area contributed by atoms with Crippen LogP contribution in [0.4, 0.5) is 5.69 Å². The number of nitrogens with zero attached hydrogens (tertiary/aromatic N) is 1. The number of anilines is 1. The summed E-state index contributed by atoms with van der Waals surface area (Å²) in [4.78, 5) is 38.5. The highest BCUT2D eigenvalue weighted by Gasteiger charge is 2.36. The zero-order chi connectivity index (χ0) is 21.8. The molecule has 158 valence electrons. The highest BCUT2D eigenvalue weighted by Crippen LogP contribution is 2.26. The highest BCUT2D eigenvalue weighted by molar-refractivity contribution is 5.99. The van der Waals surface area contributed by atoms with Crippen LogP contribution in [0, 0.1) is 26.7 Å². The summed E-state index contributed by atoms with van der Waals surface area (Å²) < 4.78 is 5.19. The van der Waals surface area contributed by atoms with E-state index in [9.17, 15) is 14.4 Å². The largest absolute Gasteiger partial charge is 0.455 e. The molecule has 1 aliphatic heterocycles. The Bertz CT molecular complexity index is 952. The van der Waals surface area contributed by atoms with Gasteiger partial charge >= 0.3 is 5.97 Å². The number of ether oxygens (including phenoxy) is 1. The minimum Gasteiger partial charge on any atom is -0.455 e. The van der Waals surface area contributed by atoms with Gasteiger partial charge in [-0.2, -0.15) is 0 Å². The van der Waals surface area contributed by atoms with Crippen molar-refractivity contribution in [2.24, 2.45) is 5.92 Å². The molecule has 2 atom stereocenters. The van der Waals surface area contributed by atoms with Gasteiger partial charge in [0, 0.05) is 18.7 Å². The van der Waals surface area contributed by atoms with E-state index in [-0.39, 0.29) is 37.4 Å². The van der Waals surface area contributed by atoms with Crippen LogP contribution in [0.2, 0.25) is 0 Å². The number of nitrogens with one attached hydrogen (secondary N) is 1. The molecule has 1 aliphatic rings. The molecule has 2 amide bonds. The zero-order valence-electron chi connectivity index (χ0n) is 17.9. The second-order valence-corrected chi connectivity index (χ2v) is 7.98. The number of hydrogen-bond acceptors (Lipinski definition) is 4. The molecular formula is C24H28N2O4. The Kier molecular flexibility index (Phi) is 6.55. The van der Waals surface area contributed by atoms with Gasteiger partial charge in [-0.25, -0.2) is 0 Å². The molecule has 0 saturated carbocycles. The number of esters is 1. The van der Waals surface area contributed by atoms with Crippen molar-refractivity contribution in [1.82, 2.24) is 5.32 Å². The van der Waals surface area contributed by atoms with Gasteiger partial charge in [-0.3, -0.25) is 14.4 Å². The summed E-state index contributed by atoms with van der Waals surface area (Å²) in [5.74, 6) is -1.57. The molecule has 0 aliphatic carbocycles. The Morgan fingerprint density at radius 1 is 1.10 bits per heavy atom. The predicted octanol–water partition coefficient (Wildman–Crippen LogP) is 3.39. The van der Waals surface area contributed by atoms with Crippen molar-refractivity contribution in [2.75, 3.05) is 18.1 Å². The highest BCUT2D eigenvalue weighted by atomic mass is 16.5. The SMILES string of the molecule is Cc1ccc(N2CC(C(=O)OCC(=O)NC(C)c3ccc(C)c(C)c3)CC2=O)cc1. The Hall–Kier alpha value is -3.15. The third kappa shape index (κ3) is 5.06. The normalized spacial score (nSPS) is 17.0. The van der Waals surface area contributed by atoms with Gasteiger partial charge in [0.1, 0.15) is 0 Å². The molecule has 30 heavy (non-hydrogen) atoms. The van der Waals surface area contributed by atoms with E-state index in [0.29, 0.717) is 0 Å². The van der Waals surface area contributed by atoms with Crippen LogP contribution in [-0.2, 0) is 19.1 Å². The average molecular weight is 408 g/mol. The maximum Gasteiger partial charge on any atom is 0.311 e. The van der Waals surface area contributed by atoms with E-state index >= 15 is 0 Å². The third-order valence-electron chi connectivity index (χ3n) is 5.56. The third-order valence-corrected chi connectivity index (χ3v) is 5.56. The molecule has 1 fully saturated rings. The smallest absolute Gasteiger partial charge is 0.311 e. The number of rotatable bonds is 6. The second-order valence-electron chi connectivity index (χ2n) is 7.98. The molecule has 0 aromatic heterocycles. The number of carbonyl (C=O) groups excluding carboxylic acids is 3. The molecule has 2 unspecified atom stereocenters. The minimum atomic E-state index is -0.566. The van der Waals surface area contributed by atoms with Crippen molar-refractivity contribution in [3.05, 3.63) is 64.7 Å². The fourth-order valence-electron chi connectivity index (χ4n) is 3.49. The summed E-state index contributed by atoms with van der Waals surface area (Å²) >= 11 is 0. The molecule has 1 saturated heterocycles. The van der Waals surface area contributed by atoms with Crippen molar-refractivity contribution < 1.29 is 19.1 Å². The molecule has 0 bridgehead atoms. The van der Waals surface area contributed by atoms with Gasteiger partial charge in [0.25, 0.3) is 5.91 Å². The summed E-state index contributed by atoms with van der Waals surface area (Å²) in [5, 5.41) is 2.84. The second kappa shape index (κ2) is 9.11. The predicted molar refractivity (Wildman–Crippen MR) is 115 cm³/mol. The molecule has 0 radical (unpaired) electrons. The minimum absolute atomic E-state index is 0.0906. The summed E-state index contributed by atoms with van der Waals surface area (Å²) in [6, 6.07) is 13.4. The first-order valence-corrected chi connectivity index (χ1v) is 10.1. The van der Waals surface area contributed by atoms with Crippen molar-refractivity contribution >= 4 is 23.5 Å². The van der Waals surface area contributed by atoms with Gasteiger partial charge in [0.2, 0.25) is 5.91 Å². The van der Waals surface area contributed by atoms with E-state index in [1.54, 1.807) is 4.90 Å². The first-order chi connectivity index (χ1) is 14.2. The topological polar surface area (TPSA) is 75.7 Å². The lowest BCUT2D eigenvalue weighted by Crippen LogP contribution is -2.33. The number of hydrogen-bond donors (Lipinski definition) is 1. The average Bonchev–Trinajstić information content (AvgIpc) is 3.10. The fourth-order valence-corrected chi connectivity index (χ4v) is 3.49. The summed E-state index contributed by atoms with van der Waals surface area (Å²) in [5.41, 5.74) is 5.21. The van der Waals surface area contributed by atoms with Gasteiger partial charge in [0.05, 0.1) is 12.0 Å². The molecule has 3 rings (SSSR count). The van der Waals surface area contributed by atoms with Crippen LogP contribution in [0.3, 0.4) is 0 Å². The van der Waals surface area contributed by atoms with Gasteiger partial charge in [-0.1, -0.05) is 35.9 Å². The lowest BCUT2D eigenvalue weighted by atomic mass is 10.0. The van der Waals surface area contributed by atoms with Crippen molar-refractivity contribution in [2.45, 2.75) is 40.2 Å². The summed E-state index contributed by atoms with van der Waals surface area (Å²) in [6.07, 6.45) is 0.0906. The summed E-state index contributed by atoms with van der Waals surface area (Å²) in [7, 11) is 0. The van der Waals surface area contributed by atoms with Crippen LogP contribution in [0.25, 0.3) is 0 Å². The van der Waals surface area contributed by atoms with Crippen LogP contribution < -0.4 is 10.2 Å². The van der Waals surface area contributed by atoms with E-state index in [4.69, 9.17) is 4.74 Å². The molecule has 0 spiro atoms. The van der Waals surface area contributed by atoms with Crippen LogP contribution >= 0.6 is 0 Å². The molecule has 6 nitrogen and oxygen atoms in total. The van der Waals surface area contributed by atoms with Crippen molar-refractivity contribution in [3.63, 3.8) is 0 Å². The van der Waals surface area contributed by atoms with Crippen LogP contribution in [0.1, 0.15) is 41.6 Å². The summed E-state index contributed by atoms with van der Waals surface area (Å²) in [6.45, 7) is 7.83. The van der Waals surface area contributed by atoms with Gasteiger partial charge < -0.3 is 15.0 Å². The molecular weight excluding hydrogens is 380 g/mol. The lowest BCUT2D eigenvalue weighted by Gasteiger charge is -2.17. The molecule has 1 N–H and O–H groups in total. The maximum atomic E-state index is 12.4. The number of aryl methyl sites for hydroxylation is 3. The Morgan fingerprint density at radius 2 is 1.80 bits per heavy atom. The maximum absolute atomic E-state index is 12.4. The standard InChI is InChI=1S/C24H28N2O4/c1-15-5-9-21(10-6-15)26-13-20(12-23(26)28)24(29)30-14-22(27)25-18(4)19-8-7-16(2)17(3)11-19/h5-11,18,20H,12-14H2,1-4H3,(H,25,27).